The number of fused-ring (bicyclic) bond motifs is 1. The van der Waals surface area contributed by atoms with Gasteiger partial charge >= 0.3 is 0 Å². The number of anilines is 2. The summed E-state index contributed by atoms with van der Waals surface area (Å²) < 4.78 is 0. The van der Waals surface area contributed by atoms with Crippen LogP contribution in [0.3, 0.4) is 0 Å². The third-order valence-electron chi connectivity index (χ3n) is 5.27. The van der Waals surface area contributed by atoms with Gasteiger partial charge in [-0.3, -0.25) is 5.10 Å². The van der Waals surface area contributed by atoms with Crippen molar-refractivity contribution in [1.29, 1.82) is 0 Å². The number of nitrogens with one attached hydrogen (secondary N) is 2. The number of aromatic nitrogens is 3. The minimum absolute atomic E-state index is 0.175. The Hall–Kier alpha value is -2.60. The molecule has 0 atom stereocenters. The first-order valence-electron chi connectivity index (χ1n) is 9.35. The molecule has 1 aromatic carbocycles. The molecular weight excluding hydrogens is 326 g/mol. The van der Waals surface area contributed by atoms with Crippen molar-refractivity contribution in [3.8, 4) is 11.3 Å². The second kappa shape index (κ2) is 7.33. The number of benzene rings is 1. The maximum Gasteiger partial charge on any atom is 0.129 e. The summed E-state index contributed by atoms with van der Waals surface area (Å²) in [5.74, 6) is 1.09. The lowest BCUT2D eigenvalue weighted by Gasteiger charge is -2.21. The Balaban J connectivity index is 1.83. The summed E-state index contributed by atoms with van der Waals surface area (Å²) in [5, 5.41) is 20.8. The van der Waals surface area contributed by atoms with Crippen LogP contribution in [-0.2, 0) is 0 Å². The molecule has 5 N–H and O–H groups in total. The van der Waals surface area contributed by atoms with E-state index in [0.29, 0.717) is 18.2 Å². The fourth-order valence-corrected chi connectivity index (χ4v) is 3.99. The van der Waals surface area contributed by atoms with Crippen LogP contribution in [-0.4, -0.2) is 33.4 Å². The Morgan fingerprint density at radius 1 is 1.23 bits per heavy atom. The molecule has 2 heterocycles. The zero-order valence-electron chi connectivity index (χ0n) is 14.8. The molecule has 0 aliphatic heterocycles. The second-order valence-corrected chi connectivity index (χ2v) is 6.97. The molecular formula is C20H25N5O. The maximum atomic E-state index is 9.15. The molecule has 1 aliphatic carbocycles. The molecule has 0 unspecified atom stereocenters. The third-order valence-corrected chi connectivity index (χ3v) is 5.27. The van der Waals surface area contributed by atoms with Crippen molar-refractivity contribution in [2.45, 2.75) is 38.0 Å². The van der Waals surface area contributed by atoms with Crippen LogP contribution in [0.1, 0.15) is 43.6 Å². The molecule has 6 heteroatoms. The van der Waals surface area contributed by atoms with E-state index in [1.54, 1.807) is 6.20 Å². The summed E-state index contributed by atoms with van der Waals surface area (Å²) in [5.41, 5.74) is 11.5. The summed E-state index contributed by atoms with van der Waals surface area (Å²) in [6.07, 6.45) is 7.27. The van der Waals surface area contributed by atoms with Crippen LogP contribution in [0.25, 0.3) is 22.2 Å². The normalized spacial score (nSPS) is 15.0. The topological polar surface area (TPSA) is 99.9 Å². The molecule has 0 spiro atoms. The van der Waals surface area contributed by atoms with Gasteiger partial charge in [0.2, 0.25) is 0 Å². The lowest BCUT2D eigenvalue weighted by atomic mass is 9.93. The molecule has 1 fully saturated rings. The standard InChI is InChI=1S/C20H25N5O/c21-20-18(13-4-1-2-5-13)19(22-9-3-11-26)15-7-6-14(12-17(15)24-20)16-8-10-23-25-16/h6-8,10,12-13,26H,1-5,9,11H2,(H,23,25)(H3,21,22,24). The molecule has 136 valence electrons. The fraction of sp³-hybridized carbons (Fsp3) is 0.400. The van der Waals surface area contributed by atoms with Crippen LogP contribution in [0, 0.1) is 0 Å². The highest BCUT2D eigenvalue weighted by molar-refractivity contribution is 5.97. The number of nitrogen functional groups attached to an aromatic ring is 1. The smallest absolute Gasteiger partial charge is 0.129 e. The highest BCUT2D eigenvalue weighted by Gasteiger charge is 2.25. The zero-order chi connectivity index (χ0) is 17.9. The van der Waals surface area contributed by atoms with Gasteiger partial charge in [0.05, 0.1) is 16.9 Å². The van der Waals surface area contributed by atoms with Crippen molar-refractivity contribution < 1.29 is 5.11 Å². The van der Waals surface area contributed by atoms with Crippen molar-refractivity contribution in [2.75, 3.05) is 24.2 Å². The summed E-state index contributed by atoms with van der Waals surface area (Å²) >= 11 is 0. The van der Waals surface area contributed by atoms with Crippen LogP contribution in [0.5, 0.6) is 0 Å². The summed E-state index contributed by atoms with van der Waals surface area (Å²) in [7, 11) is 0. The van der Waals surface area contributed by atoms with Gasteiger partial charge in [0.25, 0.3) is 0 Å². The van der Waals surface area contributed by atoms with E-state index in [2.05, 4.69) is 33.7 Å². The number of pyridine rings is 1. The third kappa shape index (κ3) is 3.12. The molecule has 26 heavy (non-hydrogen) atoms. The Morgan fingerprint density at radius 2 is 2.08 bits per heavy atom. The van der Waals surface area contributed by atoms with Gasteiger partial charge in [-0.15, -0.1) is 0 Å². The Bertz CT molecular complexity index is 885. The molecule has 2 aromatic heterocycles. The monoisotopic (exact) mass is 351 g/mol. The van der Waals surface area contributed by atoms with Crippen molar-refractivity contribution in [3.63, 3.8) is 0 Å². The number of rotatable bonds is 6. The van der Waals surface area contributed by atoms with Gasteiger partial charge in [0.1, 0.15) is 5.82 Å². The number of aromatic amines is 1. The van der Waals surface area contributed by atoms with E-state index in [0.717, 1.165) is 52.8 Å². The van der Waals surface area contributed by atoms with Crippen LogP contribution in [0.4, 0.5) is 11.5 Å². The van der Waals surface area contributed by atoms with Crippen molar-refractivity contribution in [2.24, 2.45) is 0 Å². The molecule has 0 saturated heterocycles. The SMILES string of the molecule is Nc1nc2cc(-c3ccn[nH]3)ccc2c(NCCCO)c1C1CCCC1. The molecule has 4 rings (SSSR count). The predicted octanol–water partition coefficient (Wildman–Crippen LogP) is 3.66. The Labute approximate surface area is 152 Å². The van der Waals surface area contributed by atoms with Gasteiger partial charge in [-0.1, -0.05) is 25.0 Å². The van der Waals surface area contributed by atoms with Crippen LogP contribution >= 0.6 is 0 Å². The number of aliphatic hydroxyl groups excluding tert-OH is 1. The van der Waals surface area contributed by atoms with Crippen LogP contribution in [0.2, 0.25) is 0 Å². The lowest BCUT2D eigenvalue weighted by Crippen LogP contribution is -2.11. The van der Waals surface area contributed by atoms with Gasteiger partial charge < -0.3 is 16.2 Å². The number of aliphatic hydroxyl groups is 1. The van der Waals surface area contributed by atoms with Gasteiger partial charge in [0.15, 0.2) is 0 Å². The summed E-state index contributed by atoms with van der Waals surface area (Å²) in [4.78, 5) is 4.73. The Kier molecular flexibility index (Phi) is 4.75. The number of nitrogens with zero attached hydrogens (tertiary/aromatic N) is 2. The molecule has 6 nitrogen and oxygen atoms in total. The summed E-state index contributed by atoms with van der Waals surface area (Å²) in [6, 6.07) is 8.19. The van der Waals surface area contributed by atoms with Gasteiger partial charge in [-0.2, -0.15) is 5.10 Å². The minimum Gasteiger partial charge on any atom is -0.396 e. The minimum atomic E-state index is 0.175. The van der Waals surface area contributed by atoms with E-state index in [9.17, 15) is 0 Å². The quantitative estimate of drug-likeness (QED) is 0.508. The van der Waals surface area contributed by atoms with E-state index in [1.165, 1.54) is 12.8 Å². The van der Waals surface area contributed by atoms with Gasteiger partial charge in [-0.05, 0) is 37.3 Å². The summed E-state index contributed by atoms with van der Waals surface area (Å²) in [6.45, 7) is 0.894. The van der Waals surface area contributed by atoms with E-state index in [1.807, 2.05) is 6.07 Å². The average Bonchev–Trinajstić information content (AvgIpc) is 3.35. The predicted molar refractivity (Wildman–Crippen MR) is 105 cm³/mol. The zero-order valence-corrected chi connectivity index (χ0v) is 14.8. The van der Waals surface area contributed by atoms with Crippen LogP contribution < -0.4 is 11.1 Å². The Morgan fingerprint density at radius 3 is 2.81 bits per heavy atom. The van der Waals surface area contributed by atoms with E-state index >= 15 is 0 Å². The average molecular weight is 351 g/mol. The van der Waals surface area contributed by atoms with E-state index in [-0.39, 0.29) is 6.61 Å². The fourth-order valence-electron chi connectivity index (χ4n) is 3.99. The lowest BCUT2D eigenvalue weighted by molar-refractivity contribution is 0.292. The van der Waals surface area contributed by atoms with Gasteiger partial charge in [-0.25, -0.2) is 4.98 Å². The number of nitrogens with two attached hydrogens (primary N) is 1. The largest absolute Gasteiger partial charge is 0.396 e. The first-order chi connectivity index (χ1) is 12.8. The van der Waals surface area contributed by atoms with Crippen LogP contribution in [0.15, 0.2) is 30.5 Å². The molecule has 3 aromatic rings. The first kappa shape index (κ1) is 16.8. The molecule has 1 aliphatic rings. The molecule has 0 amide bonds. The maximum absolute atomic E-state index is 9.15. The van der Waals surface area contributed by atoms with Crippen molar-refractivity contribution >= 4 is 22.4 Å². The molecule has 0 radical (unpaired) electrons. The van der Waals surface area contributed by atoms with E-state index < -0.39 is 0 Å². The number of hydrogen-bond acceptors (Lipinski definition) is 5. The first-order valence-corrected chi connectivity index (χ1v) is 9.35. The van der Waals surface area contributed by atoms with E-state index in [4.69, 9.17) is 15.8 Å². The number of hydrogen-bond donors (Lipinski definition) is 4. The second-order valence-electron chi connectivity index (χ2n) is 6.97. The van der Waals surface area contributed by atoms with Crippen molar-refractivity contribution in [3.05, 3.63) is 36.0 Å². The highest BCUT2D eigenvalue weighted by Crippen LogP contribution is 2.43. The number of H-pyrrole nitrogens is 1. The highest BCUT2D eigenvalue weighted by atomic mass is 16.3. The van der Waals surface area contributed by atoms with Crippen molar-refractivity contribution in [1.82, 2.24) is 15.2 Å². The molecule has 1 saturated carbocycles. The molecule has 0 bridgehead atoms. The van der Waals surface area contributed by atoms with Gasteiger partial charge in [0, 0.05) is 35.9 Å².